The third-order valence-electron chi connectivity index (χ3n) is 3.39. The molecule has 1 saturated heterocycles. The van der Waals surface area contributed by atoms with Crippen molar-refractivity contribution in [3.8, 4) is 0 Å². The lowest BCUT2D eigenvalue weighted by atomic mass is 10.2. The summed E-state index contributed by atoms with van der Waals surface area (Å²) in [6.45, 7) is 4.55. The quantitative estimate of drug-likeness (QED) is 0.763. The fraction of sp³-hybridized carbons (Fsp3) is 0.571. The summed E-state index contributed by atoms with van der Waals surface area (Å²) in [6, 6.07) is 5.38. The minimum Gasteiger partial charge on any atom is -0.377 e. The number of benzene rings is 1. The summed E-state index contributed by atoms with van der Waals surface area (Å²) >= 11 is 3.32. The zero-order chi connectivity index (χ0) is 15.3. The first-order chi connectivity index (χ1) is 10.0. The Balaban J connectivity index is 2.09. The predicted molar refractivity (Wildman–Crippen MR) is 85.7 cm³/mol. The molecular weight excluding hydrogens is 356 g/mol. The third-order valence-corrected chi connectivity index (χ3v) is 5.81. The van der Waals surface area contributed by atoms with Gasteiger partial charge in [-0.25, -0.2) is 13.1 Å². The van der Waals surface area contributed by atoms with Crippen molar-refractivity contribution in [1.82, 2.24) is 10.0 Å². The second-order valence-electron chi connectivity index (χ2n) is 5.03. The van der Waals surface area contributed by atoms with Crippen molar-refractivity contribution in [3.05, 3.63) is 28.2 Å². The van der Waals surface area contributed by atoms with Crippen LogP contribution in [0.15, 0.2) is 27.6 Å². The van der Waals surface area contributed by atoms with Crippen molar-refractivity contribution < 1.29 is 13.2 Å². The number of hydrogen-bond acceptors (Lipinski definition) is 4. The van der Waals surface area contributed by atoms with Crippen molar-refractivity contribution in [1.29, 1.82) is 0 Å². The maximum atomic E-state index is 12.4. The summed E-state index contributed by atoms with van der Waals surface area (Å²) in [5, 5.41) is 3.19. The summed E-state index contributed by atoms with van der Waals surface area (Å²) in [5.41, 5.74) is 0.942. The second kappa shape index (κ2) is 7.69. The van der Waals surface area contributed by atoms with Crippen LogP contribution in [0.4, 0.5) is 0 Å². The maximum Gasteiger partial charge on any atom is 0.241 e. The summed E-state index contributed by atoms with van der Waals surface area (Å²) in [5.74, 6) is 0. The van der Waals surface area contributed by atoms with Gasteiger partial charge < -0.3 is 10.1 Å². The number of hydrogen-bond donors (Lipinski definition) is 2. The van der Waals surface area contributed by atoms with Crippen molar-refractivity contribution in [2.75, 3.05) is 19.7 Å². The van der Waals surface area contributed by atoms with Gasteiger partial charge in [0, 0.05) is 24.2 Å². The van der Waals surface area contributed by atoms with Gasteiger partial charge in [0.15, 0.2) is 0 Å². The van der Waals surface area contributed by atoms with E-state index in [0.717, 1.165) is 24.9 Å². The molecule has 0 aliphatic carbocycles. The van der Waals surface area contributed by atoms with E-state index in [1.54, 1.807) is 12.1 Å². The van der Waals surface area contributed by atoms with Crippen LogP contribution in [-0.2, 0) is 21.3 Å². The lowest BCUT2D eigenvalue weighted by Crippen LogP contribution is -2.32. The molecule has 0 radical (unpaired) electrons. The van der Waals surface area contributed by atoms with E-state index in [-0.39, 0.29) is 11.0 Å². The minimum atomic E-state index is -3.53. The maximum absolute atomic E-state index is 12.4. The van der Waals surface area contributed by atoms with Crippen LogP contribution in [0.25, 0.3) is 0 Å². The highest BCUT2D eigenvalue weighted by Gasteiger charge is 2.22. The molecule has 1 aromatic carbocycles. The van der Waals surface area contributed by atoms with Gasteiger partial charge in [0.2, 0.25) is 10.0 Å². The Kier molecular flexibility index (Phi) is 6.19. The average molecular weight is 377 g/mol. The van der Waals surface area contributed by atoms with Crippen LogP contribution >= 0.6 is 15.9 Å². The Hall–Kier alpha value is -0.470. The molecule has 1 fully saturated rings. The number of sulfonamides is 1. The summed E-state index contributed by atoms with van der Waals surface area (Å²) in [4.78, 5) is 0.274. The van der Waals surface area contributed by atoms with Gasteiger partial charge in [-0.1, -0.05) is 13.0 Å². The summed E-state index contributed by atoms with van der Waals surface area (Å²) in [7, 11) is -3.53. The van der Waals surface area contributed by atoms with Gasteiger partial charge >= 0.3 is 0 Å². The molecule has 21 heavy (non-hydrogen) atoms. The van der Waals surface area contributed by atoms with E-state index in [2.05, 4.69) is 26.0 Å². The Morgan fingerprint density at radius 2 is 2.24 bits per heavy atom. The van der Waals surface area contributed by atoms with E-state index < -0.39 is 10.0 Å². The van der Waals surface area contributed by atoms with Crippen LogP contribution in [0, 0.1) is 0 Å². The average Bonchev–Trinajstić information content (AvgIpc) is 2.97. The molecule has 1 aliphatic rings. The minimum absolute atomic E-state index is 0.0107. The van der Waals surface area contributed by atoms with Crippen molar-refractivity contribution >= 4 is 26.0 Å². The fourth-order valence-corrected chi connectivity index (χ4v) is 4.30. The van der Waals surface area contributed by atoms with Crippen LogP contribution < -0.4 is 10.0 Å². The molecule has 0 bridgehead atoms. The largest absolute Gasteiger partial charge is 0.377 e. The first-order valence-corrected chi connectivity index (χ1v) is 9.41. The molecule has 1 heterocycles. The van der Waals surface area contributed by atoms with Gasteiger partial charge in [-0.05, 0) is 53.0 Å². The van der Waals surface area contributed by atoms with Gasteiger partial charge in [-0.2, -0.15) is 0 Å². The fourth-order valence-electron chi connectivity index (χ4n) is 2.22. The van der Waals surface area contributed by atoms with Crippen LogP contribution in [0.3, 0.4) is 0 Å². The van der Waals surface area contributed by atoms with Gasteiger partial charge in [-0.3, -0.25) is 0 Å². The van der Waals surface area contributed by atoms with Crippen molar-refractivity contribution in [2.24, 2.45) is 0 Å². The van der Waals surface area contributed by atoms with Crippen LogP contribution in [-0.4, -0.2) is 34.2 Å². The zero-order valence-electron chi connectivity index (χ0n) is 12.1. The molecule has 118 valence electrons. The van der Waals surface area contributed by atoms with E-state index in [1.807, 2.05) is 13.0 Å². The molecule has 1 aliphatic heterocycles. The van der Waals surface area contributed by atoms with Crippen molar-refractivity contribution in [3.63, 3.8) is 0 Å². The molecule has 2 N–H and O–H groups in total. The van der Waals surface area contributed by atoms with E-state index in [1.165, 1.54) is 0 Å². The van der Waals surface area contributed by atoms with Crippen LogP contribution in [0.1, 0.15) is 25.3 Å². The predicted octanol–water partition coefficient (Wildman–Crippen LogP) is 2.02. The Bertz CT molecular complexity index is 572. The molecule has 5 nitrogen and oxygen atoms in total. The van der Waals surface area contributed by atoms with E-state index in [4.69, 9.17) is 4.74 Å². The zero-order valence-corrected chi connectivity index (χ0v) is 14.5. The SMILES string of the molecule is CCNCc1ccc(Br)c(S(=O)(=O)NCC2CCCO2)c1. The first-order valence-electron chi connectivity index (χ1n) is 7.13. The van der Waals surface area contributed by atoms with Gasteiger partial charge in [-0.15, -0.1) is 0 Å². The first kappa shape index (κ1) is 16.9. The van der Waals surface area contributed by atoms with E-state index >= 15 is 0 Å². The molecule has 0 aromatic heterocycles. The van der Waals surface area contributed by atoms with Gasteiger partial charge in [0.05, 0.1) is 11.0 Å². The Labute approximate surface area is 134 Å². The van der Waals surface area contributed by atoms with Crippen LogP contribution in [0.5, 0.6) is 0 Å². The molecule has 1 atom stereocenters. The molecule has 7 heteroatoms. The summed E-state index contributed by atoms with van der Waals surface area (Å²) < 4.78 is 33.5. The Morgan fingerprint density at radius 1 is 1.43 bits per heavy atom. The topological polar surface area (TPSA) is 67.4 Å². The lowest BCUT2D eigenvalue weighted by Gasteiger charge is -2.13. The molecule has 2 rings (SSSR count). The summed E-state index contributed by atoms with van der Waals surface area (Å²) in [6.07, 6.45) is 1.89. The third kappa shape index (κ3) is 4.75. The highest BCUT2D eigenvalue weighted by Crippen LogP contribution is 2.23. The second-order valence-corrected chi connectivity index (χ2v) is 7.62. The van der Waals surface area contributed by atoms with E-state index in [9.17, 15) is 8.42 Å². The smallest absolute Gasteiger partial charge is 0.241 e. The van der Waals surface area contributed by atoms with E-state index in [0.29, 0.717) is 24.2 Å². The van der Waals surface area contributed by atoms with Gasteiger partial charge in [0.1, 0.15) is 0 Å². The lowest BCUT2D eigenvalue weighted by molar-refractivity contribution is 0.114. The number of halogens is 1. The molecule has 0 spiro atoms. The van der Waals surface area contributed by atoms with Crippen molar-refractivity contribution in [2.45, 2.75) is 37.3 Å². The Morgan fingerprint density at radius 3 is 2.90 bits per heavy atom. The van der Waals surface area contributed by atoms with Crippen LogP contribution in [0.2, 0.25) is 0 Å². The number of ether oxygens (including phenoxy) is 1. The standard InChI is InChI=1S/C14H21BrN2O3S/c1-2-16-9-11-5-6-13(15)14(8-11)21(18,19)17-10-12-4-3-7-20-12/h5-6,8,12,16-17H,2-4,7,9-10H2,1H3. The number of rotatable bonds is 7. The van der Waals surface area contributed by atoms with Gasteiger partial charge in [0.25, 0.3) is 0 Å². The molecule has 0 amide bonds. The molecule has 1 unspecified atom stereocenters. The monoisotopic (exact) mass is 376 g/mol. The number of nitrogens with one attached hydrogen (secondary N) is 2. The highest BCUT2D eigenvalue weighted by atomic mass is 79.9. The molecule has 1 aromatic rings. The normalized spacial score (nSPS) is 19.0. The molecule has 0 saturated carbocycles. The molecular formula is C14H21BrN2O3S. The highest BCUT2D eigenvalue weighted by molar-refractivity contribution is 9.10.